The molecule has 2 N–H and O–H groups in total. The number of aryl methyl sites for hydroxylation is 1. The second kappa shape index (κ2) is 10.3. The van der Waals surface area contributed by atoms with Gasteiger partial charge in [-0.1, -0.05) is 30.9 Å². The Kier molecular flexibility index (Phi) is 6.79. The maximum absolute atomic E-state index is 12.1. The van der Waals surface area contributed by atoms with Gasteiger partial charge >= 0.3 is 5.97 Å². The van der Waals surface area contributed by atoms with Gasteiger partial charge in [0, 0.05) is 54.3 Å². The minimum absolute atomic E-state index is 0.252. The number of nitrogens with zero attached hydrogens (tertiary/aromatic N) is 1. The van der Waals surface area contributed by atoms with E-state index in [9.17, 15) is 9.90 Å². The van der Waals surface area contributed by atoms with Crippen molar-refractivity contribution in [3.8, 4) is 23.0 Å². The first-order valence-corrected chi connectivity index (χ1v) is 12.4. The number of aromatic carboxylic acids is 1. The zero-order valence-corrected chi connectivity index (χ0v) is 20.7. The van der Waals surface area contributed by atoms with Crippen LogP contribution < -0.4 is 4.90 Å². The fourth-order valence-electron chi connectivity index (χ4n) is 5.03. The summed E-state index contributed by atoms with van der Waals surface area (Å²) in [6.45, 7) is 4.12. The predicted octanol–water partition coefficient (Wildman–Crippen LogP) is 6.11. The van der Waals surface area contributed by atoms with Gasteiger partial charge < -0.3 is 19.7 Å². The number of aromatic nitrogens is 1. The molecule has 1 saturated heterocycles. The van der Waals surface area contributed by atoms with Crippen molar-refractivity contribution < 1.29 is 14.6 Å². The van der Waals surface area contributed by atoms with Crippen LogP contribution in [0.4, 0.5) is 5.69 Å². The summed E-state index contributed by atoms with van der Waals surface area (Å²) < 4.78 is 5.51. The smallest absolute Gasteiger partial charge is 0.336 e. The SMILES string of the molecule is CCc1cc(N2CCC(OC)CC2)ccc1C#Cc1cccc(C(=O)O)c1-c1ccc2[nH]ccc2c1. The van der Waals surface area contributed by atoms with Crippen molar-refractivity contribution in [2.24, 2.45) is 0 Å². The van der Waals surface area contributed by atoms with Crippen molar-refractivity contribution in [3.05, 3.63) is 89.1 Å². The topological polar surface area (TPSA) is 65.6 Å². The molecule has 1 fully saturated rings. The molecule has 1 aliphatic rings. The molecule has 5 heteroatoms. The minimum Gasteiger partial charge on any atom is -0.478 e. The predicted molar refractivity (Wildman–Crippen MR) is 145 cm³/mol. The number of rotatable bonds is 5. The first-order valence-electron chi connectivity index (χ1n) is 12.4. The zero-order valence-electron chi connectivity index (χ0n) is 20.7. The van der Waals surface area contributed by atoms with Crippen LogP contribution in [0.1, 0.15) is 46.8 Å². The van der Waals surface area contributed by atoms with Crippen LogP contribution in [0.2, 0.25) is 0 Å². The van der Waals surface area contributed by atoms with Crippen molar-refractivity contribution in [2.45, 2.75) is 32.3 Å². The number of hydrogen-bond acceptors (Lipinski definition) is 3. The average Bonchev–Trinajstić information content (AvgIpc) is 3.39. The van der Waals surface area contributed by atoms with Crippen LogP contribution in [0.25, 0.3) is 22.0 Å². The van der Waals surface area contributed by atoms with Crippen LogP contribution in [0, 0.1) is 11.8 Å². The molecule has 0 atom stereocenters. The normalized spacial score (nSPS) is 14.0. The van der Waals surface area contributed by atoms with E-state index in [0.717, 1.165) is 54.4 Å². The number of carboxylic acids is 1. The highest BCUT2D eigenvalue weighted by Crippen LogP contribution is 2.31. The van der Waals surface area contributed by atoms with Gasteiger partial charge in [0.2, 0.25) is 0 Å². The molecule has 1 aromatic heterocycles. The summed E-state index contributed by atoms with van der Waals surface area (Å²) in [5.41, 5.74) is 6.85. The standard InChI is InChI=1S/C31H30N2O3/c1-3-21-20-26(33-17-14-27(36-2)15-18-33)11-9-22(21)7-8-23-5-4-6-28(31(34)35)30(23)25-10-12-29-24(19-25)13-16-32-29/h4-6,9-13,16,19-20,27,32H,3,14-15,17-18H2,1-2H3,(H,34,35). The molecule has 0 saturated carbocycles. The number of anilines is 1. The van der Waals surface area contributed by atoms with Crippen LogP contribution >= 0.6 is 0 Å². The molecule has 2 heterocycles. The van der Waals surface area contributed by atoms with E-state index in [0.29, 0.717) is 17.2 Å². The Labute approximate surface area is 211 Å². The molecule has 0 radical (unpaired) electrons. The van der Waals surface area contributed by atoms with E-state index in [1.807, 2.05) is 36.5 Å². The zero-order chi connectivity index (χ0) is 25.1. The molecular weight excluding hydrogens is 448 g/mol. The molecule has 5 rings (SSSR count). The summed E-state index contributed by atoms with van der Waals surface area (Å²) in [4.78, 5) is 17.7. The van der Waals surface area contributed by atoms with E-state index < -0.39 is 5.97 Å². The summed E-state index contributed by atoms with van der Waals surface area (Å²) in [6.07, 6.45) is 5.19. The number of carbonyl (C=O) groups is 1. The summed E-state index contributed by atoms with van der Waals surface area (Å²) in [6, 6.07) is 19.7. The summed E-state index contributed by atoms with van der Waals surface area (Å²) >= 11 is 0. The maximum atomic E-state index is 12.1. The molecule has 0 bridgehead atoms. The number of piperidine rings is 1. The van der Waals surface area contributed by atoms with Crippen molar-refractivity contribution in [1.29, 1.82) is 0 Å². The van der Waals surface area contributed by atoms with Crippen molar-refractivity contribution in [2.75, 3.05) is 25.1 Å². The Morgan fingerprint density at radius 3 is 2.61 bits per heavy atom. The number of carboxylic acid groups (broad SMARTS) is 1. The van der Waals surface area contributed by atoms with Crippen LogP contribution in [0.5, 0.6) is 0 Å². The Morgan fingerprint density at radius 2 is 1.86 bits per heavy atom. The fraction of sp³-hybridized carbons (Fsp3) is 0.258. The molecule has 0 amide bonds. The third kappa shape index (κ3) is 4.73. The highest BCUT2D eigenvalue weighted by molar-refractivity contribution is 5.99. The molecule has 0 spiro atoms. The Hall–Kier alpha value is -4.01. The quantitative estimate of drug-likeness (QED) is 0.340. The monoisotopic (exact) mass is 478 g/mol. The van der Waals surface area contributed by atoms with E-state index in [-0.39, 0.29) is 5.56 Å². The number of methoxy groups -OCH3 is 1. The Morgan fingerprint density at radius 1 is 1.06 bits per heavy atom. The summed E-state index contributed by atoms with van der Waals surface area (Å²) in [5, 5.41) is 10.9. The van der Waals surface area contributed by atoms with Crippen molar-refractivity contribution in [1.82, 2.24) is 4.98 Å². The van der Waals surface area contributed by atoms with Gasteiger partial charge in [0.15, 0.2) is 0 Å². The molecular formula is C31H30N2O3. The van der Waals surface area contributed by atoms with Gasteiger partial charge in [-0.2, -0.15) is 0 Å². The number of H-pyrrole nitrogens is 1. The van der Waals surface area contributed by atoms with Gasteiger partial charge in [0.05, 0.1) is 11.7 Å². The molecule has 5 nitrogen and oxygen atoms in total. The highest BCUT2D eigenvalue weighted by Gasteiger charge is 2.19. The first kappa shape index (κ1) is 23.7. The lowest BCUT2D eigenvalue weighted by Gasteiger charge is -2.33. The first-order chi connectivity index (χ1) is 17.6. The maximum Gasteiger partial charge on any atom is 0.336 e. The van der Waals surface area contributed by atoms with E-state index in [1.165, 1.54) is 11.3 Å². The van der Waals surface area contributed by atoms with Gasteiger partial charge in [-0.15, -0.1) is 0 Å². The van der Waals surface area contributed by atoms with Gasteiger partial charge in [0.25, 0.3) is 0 Å². The van der Waals surface area contributed by atoms with Gasteiger partial charge in [-0.25, -0.2) is 4.79 Å². The Balaban J connectivity index is 1.51. The lowest BCUT2D eigenvalue weighted by molar-refractivity contribution is 0.0697. The van der Waals surface area contributed by atoms with Crippen LogP contribution in [0.15, 0.2) is 66.9 Å². The average molecular weight is 479 g/mol. The number of ether oxygens (including phenoxy) is 1. The number of nitrogens with one attached hydrogen (secondary N) is 1. The summed E-state index contributed by atoms with van der Waals surface area (Å²) in [7, 11) is 1.79. The molecule has 3 aromatic carbocycles. The summed E-state index contributed by atoms with van der Waals surface area (Å²) in [5.74, 6) is 5.69. The van der Waals surface area contributed by atoms with E-state index in [1.54, 1.807) is 19.2 Å². The third-order valence-electron chi connectivity index (χ3n) is 7.08. The van der Waals surface area contributed by atoms with Crippen LogP contribution in [-0.2, 0) is 11.2 Å². The largest absolute Gasteiger partial charge is 0.478 e. The van der Waals surface area contributed by atoms with E-state index >= 15 is 0 Å². The van der Waals surface area contributed by atoms with Crippen molar-refractivity contribution >= 4 is 22.6 Å². The number of fused-ring (bicyclic) bond motifs is 1. The van der Waals surface area contributed by atoms with Crippen molar-refractivity contribution in [3.63, 3.8) is 0 Å². The number of aromatic amines is 1. The van der Waals surface area contributed by atoms with E-state index in [4.69, 9.17) is 4.74 Å². The number of hydrogen-bond donors (Lipinski definition) is 2. The van der Waals surface area contributed by atoms with Gasteiger partial charge in [0.1, 0.15) is 0 Å². The number of benzene rings is 3. The fourth-order valence-corrected chi connectivity index (χ4v) is 5.03. The second-order valence-corrected chi connectivity index (χ2v) is 9.18. The molecule has 4 aromatic rings. The Bertz CT molecular complexity index is 1470. The molecule has 182 valence electrons. The van der Waals surface area contributed by atoms with Gasteiger partial charge in [-0.3, -0.25) is 0 Å². The third-order valence-corrected chi connectivity index (χ3v) is 7.08. The molecule has 1 aliphatic heterocycles. The molecule has 0 aliphatic carbocycles. The molecule has 0 unspecified atom stereocenters. The lowest BCUT2D eigenvalue weighted by atomic mass is 9.93. The highest BCUT2D eigenvalue weighted by atomic mass is 16.5. The second-order valence-electron chi connectivity index (χ2n) is 9.18. The van der Waals surface area contributed by atoms with Crippen LogP contribution in [-0.4, -0.2) is 42.4 Å². The minimum atomic E-state index is -0.960. The lowest BCUT2D eigenvalue weighted by Crippen LogP contribution is -2.36. The van der Waals surface area contributed by atoms with Crippen LogP contribution in [0.3, 0.4) is 0 Å². The van der Waals surface area contributed by atoms with E-state index in [2.05, 4.69) is 46.8 Å². The molecule has 36 heavy (non-hydrogen) atoms. The van der Waals surface area contributed by atoms with Gasteiger partial charge in [-0.05, 0) is 84.3 Å².